The minimum atomic E-state index is -0.275. The summed E-state index contributed by atoms with van der Waals surface area (Å²) in [5.41, 5.74) is 1.01. The molecular weight excluding hydrogens is 216 g/mol. The highest BCUT2D eigenvalue weighted by molar-refractivity contribution is 5.80. The number of carbonyl (C=O) groups is 2. The van der Waals surface area contributed by atoms with Crippen LogP contribution in [0, 0.1) is 0 Å². The van der Waals surface area contributed by atoms with E-state index in [9.17, 15) is 9.59 Å². The molecule has 0 radical (unpaired) electrons. The van der Waals surface area contributed by atoms with Crippen LogP contribution in [-0.2, 0) is 14.3 Å². The largest absolute Gasteiger partial charge is 0.469 e. The van der Waals surface area contributed by atoms with Crippen LogP contribution in [0.1, 0.15) is 37.7 Å². The molecule has 1 rings (SSSR count). The monoisotopic (exact) mass is 234 g/mol. The minimum absolute atomic E-state index is 0.0731. The van der Waals surface area contributed by atoms with Crippen molar-refractivity contribution >= 4 is 11.8 Å². The van der Waals surface area contributed by atoms with E-state index in [0.29, 0.717) is 12.8 Å². The number of rotatable bonds is 6. The number of ether oxygens (including phenoxy) is 1. The lowest BCUT2D eigenvalue weighted by Gasteiger charge is -2.15. The molecule has 0 amide bonds. The van der Waals surface area contributed by atoms with E-state index in [1.54, 1.807) is 0 Å². The number of methoxy groups -OCH3 is 1. The Labute approximate surface area is 102 Å². The van der Waals surface area contributed by atoms with E-state index in [1.165, 1.54) is 7.11 Å². The Morgan fingerprint density at radius 2 is 1.82 bits per heavy atom. The van der Waals surface area contributed by atoms with Gasteiger partial charge in [0.05, 0.1) is 13.5 Å². The van der Waals surface area contributed by atoms with Crippen molar-refractivity contribution in [3.05, 3.63) is 35.9 Å². The smallest absolute Gasteiger partial charge is 0.306 e. The van der Waals surface area contributed by atoms with Crippen LogP contribution in [0.25, 0.3) is 0 Å². The summed E-state index contributed by atoms with van der Waals surface area (Å²) in [7, 11) is 1.37. The average molecular weight is 234 g/mol. The van der Waals surface area contributed by atoms with Crippen LogP contribution in [0.15, 0.2) is 30.3 Å². The number of hydrogen-bond donors (Lipinski definition) is 0. The molecule has 0 unspecified atom stereocenters. The molecule has 0 bridgehead atoms. The van der Waals surface area contributed by atoms with E-state index in [1.807, 2.05) is 37.3 Å². The average Bonchev–Trinajstić information content (AvgIpc) is 2.38. The standard InChI is InChI=1S/C14H18O3/c1-3-13(15)9-12(10-14(16)17-2)11-7-5-4-6-8-11/h4-8,12H,3,9-10H2,1-2H3/t12-/m1/s1. The van der Waals surface area contributed by atoms with Gasteiger partial charge in [0.15, 0.2) is 0 Å². The van der Waals surface area contributed by atoms with Gasteiger partial charge in [-0.25, -0.2) is 0 Å². The Kier molecular flexibility index (Phi) is 5.40. The first-order chi connectivity index (χ1) is 8.17. The summed E-state index contributed by atoms with van der Waals surface area (Å²) < 4.78 is 4.67. The highest BCUT2D eigenvalue weighted by Crippen LogP contribution is 2.24. The van der Waals surface area contributed by atoms with Crippen molar-refractivity contribution in [2.75, 3.05) is 7.11 Å². The van der Waals surface area contributed by atoms with Crippen molar-refractivity contribution in [1.82, 2.24) is 0 Å². The fourth-order valence-electron chi connectivity index (χ4n) is 1.74. The number of ketones is 1. The summed E-state index contributed by atoms with van der Waals surface area (Å²) in [6, 6.07) is 9.62. The summed E-state index contributed by atoms with van der Waals surface area (Å²) in [6.07, 6.45) is 1.16. The molecule has 0 saturated heterocycles. The molecule has 1 aromatic carbocycles. The van der Waals surface area contributed by atoms with E-state index in [-0.39, 0.29) is 24.1 Å². The number of esters is 1. The topological polar surface area (TPSA) is 43.4 Å². The molecular formula is C14H18O3. The van der Waals surface area contributed by atoms with Gasteiger partial charge < -0.3 is 4.74 Å². The molecule has 0 saturated carbocycles. The predicted octanol–water partition coefficient (Wildman–Crippen LogP) is 2.70. The molecule has 0 aliphatic rings. The Hall–Kier alpha value is -1.64. The van der Waals surface area contributed by atoms with Crippen molar-refractivity contribution in [2.24, 2.45) is 0 Å². The third-order valence-corrected chi connectivity index (χ3v) is 2.78. The maximum absolute atomic E-state index is 11.5. The second-order valence-corrected chi connectivity index (χ2v) is 3.98. The van der Waals surface area contributed by atoms with Gasteiger partial charge in [0.25, 0.3) is 0 Å². The number of carbonyl (C=O) groups excluding carboxylic acids is 2. The second-order valence-electron chi connectivity index (χ2n) is 3.98. The third kappa shape index (κ3) is 4.39. The summed E-state index contributed by atoms with van der Waals surface area (Å²) in [5, 5.41) is 0. The molecule has 3 nitrogen and oxygen atoms in total. The highest BCUT2D eigenvalue weighted by Gasteiger charge is 2.18. The van der Waals surface area contributed by atoms with E-state index >= 15 is 0 Å². The quantitative estimate of drug-likeness (QED) is 0.711. The van der Waals surface area contributed by atoms with Gasteiger partial charge in [-0.15, -0.1) is 0 Å². The van der Waals surface area contributed by atoms with Crippen molar-refractivity contribution < 1.29 is 14.3 Å². The summed E-state index contributed by atoms with van der Waals surface area (Å²) >= 11 is 0. The van der Waals surface area contributed by atoms with Gasteiger partial charge in [-0.3, -0.25) is 9.59 Å². The molecule has 0 heterocycles. The molecule has 1 aromatic rings. The van der Waals surface area contributed by atoms with Crippen LogP contribution < -0.4 is 0 Å². The van der Waals surface area contributed by atoms with Crippen LogP contribution in [-0.4, -0.2) is 18.9 Å². The zero-order chi connectivity index (χ0) is 12.7. The van der Waals surface area contributed by atoms with Crippen molar-refractivity contribution in [2.45, 2.75) is 32.1 Å². The third-order valence-electron chi connectivity index (χ3n) is 2.78. The molecule has 1 atom stereocenters. The molecule has 17 heavy (non-hydrogen) atoms. The molecule has 92 valence electrons. The van der Waals surface area contributed by atoms with Gasteiger partial charge in [-0.2, -0.15) is 0 Å². The van der Waals surface area contributed by atoms with E-state index in [4.69, 9.17) is 0 Å². The maximum Gasteiger partial charge on any atom is 0.306 e. The summed E-state index contributed by atoms with van der Waals surface area (Å²) in [4.78, 5) is 22.8. The first-order valence-electron chi connectivity index (χ1n) is 5.80. The molecule has 0 fully saturated rings. The zero-order valence-electron chi connectivity index (χ0n) is 10.3. The zero-order valence-corrected chi connectivity index (χ0v) is 10.3. The predicted molar refractivity (Wildman–Crippen MR) is 65.7 cm³/mol. The number of benzene rings is 1. The number of Topliss-reactive ketones (excluding diaryl/α,β-unsaturated/α-hetero) is 1. The number of hydrogen-bond acceptors (Lipinski definition) is 3. The molecule has 0 spiro atoms. The van der Waals surface area contributed by atoms with Crippen molar-refractivity contribution in [3.8, 4) is 0 Å². The van der Waals surface area contributed by atoms with Crippen LogP contribution in [0.4, 0.5) is 0 Å². The highest BCUT2D eigenvalue weighted by atomic mass is 16.5. The van der Waals surface area contributed by atoms with E-state index in [0.717, 1.165) is 5.56 Å². The van der Waals surface area contributed by atoms with Crippen LogP contribution in [0.3, 0.4) is 0 Å². The molecule has 3 heteroatoms. The first-order valence-corrected chi connectivity index (χ1v) is 5.80. The summed E-state index contributed by atoms with van der Waals surface area (Å²) in [6.45, 7) is 1.84. The lowest BCUT2D eigenvalue weighted by Crippen LogP contribution is -2.12. The van der Waals surface area contributed by atoms with Crippen LogP contribution in [0.5, 0.6) is 0 Å². The van der Waals surface area contributed by atoms with Gasteiger partial charge in [-0.05, 0) is 5.56 Å². The Bertz CT molecular complexity index is 352. The molecule has 0 aliphatic heterocycles. The normalized spacial score (nSPS) is 11.9. The van der Waals surface area contributed by atoms with Crippen LogP contribution in [0.2, 0.25) is 0 Å². The molecule has 0 aromatic heterocycles. The van der Waals surface area contributed by atoms with Gasteiger partial charge >= 0.3 is 5.97 Å². The first kappa shape index (κ1) is 13.4. The fraction of sp³-hybridized carbons (Fsp3) is 0.429. The van der Waals surface area contributed by atoms with Gasteiger partial charge in [0, 0.05) is 18.8 Å². The Balaban J connectivity index is 2.79. The summed E-state index contributed by atoms with van der Waals surface area (Å²) in [5.74, 6) is -0.179. The Morgan fingerprint density at radius 3 is 2.35 bits per heavy atom. The van der Waals surface area contributed by atoms with Crippen molar-refractivity contribution in [3.63, 3.8) is 0 Å². The molecule has 0 aliphatic carbocycles. The lowest BCUT2D eigenvalue weighted by atomic mass is 9.90. The minimum Gasteiger partial charge on any atom is -0.469 e. The SMILES string of the molecule is CCC(=O)C[C@H](CC(=O)OC)c1ccccc1. The molecule has 0 N–H and O–H groups in total. The van der Waals surface area contributed by atoms with Crippen molar-refractivity contribution in [1.29, 1.82) is 0 Å². The fourth-order valence-corrected chi connectivity index (χ4v) is 1.74. The van der Waals surface area contributed by atoms with Gasteiger partial charge in [0.1, 0.15) is 5.78 Å². The maximum atomic E-state index is 11.5. The van der Waals surface area contributed by atoms with E-state index in [2.05, 4.69) is 4.74 Å². The van der Waals surface area contributed by atoms with Gasteiger partial charge in [0.2, 0.25) is 0 Å². The lowest BCUT2D eigenvalue weighted by molar-refractivity contribution is -0.141. The van der Waals surface area contributed by atoms with Crippen LogP contribution >= 0.6 is 0 Å². The second kappa shape index (κ2) is 6.84. The van der Waals surface area contributed by atoms with Gasteiger partial charge in [-0.1, -0.05) is 37.3 Å². The Morgan fingerprint density at radius 1 is 1.18 bits per heavy atom. The van der Waals surface area contributed by atoms with E-state index < -0.39 is 0 Å².